The fourth-order valence-electron chi connectivity index (χ4n) is 0. The normalized spacial score (nSPS) is 5.25. The molecule has 0 aliphatic carbocycles. The summed E-state index contributed by atoms with van der Waals surface area (Å²) in [5.41, 5.74) is 0. The van der Waals surface area contributed by atoms with Gasteiger partial charge in [0, 0.05) is 40.4 Å². The molecule has 0 spiro atoms. The molecule has 0 aliphatic rings. The van der Waals surface area contributed by atoms with Gasteiger partial charge in [0.2, 0.25) is 0 Å². The van der Waals surface area contributed by atoms with E-state index in [1.807, 2.05) is 0 Å². The van der Waals surface area contributed by atoms with E-state index in [2.05, 4.69) is 0 Å². The van der Waals surface area contributed by atoms with E-state index < -0.39 is 8.69 Å². The summed E-state index contributed by atoms with van der Waals surface area (Å²) in [6.45, 7) is 0. The number of rotatable bonds is 0. The van der Waals surface area contributed by atoms with E-state index in [0.717, 1.165) is 0 Å². The van der Waals surface area contributed by atoms with Crippen LogP contribution in [0.4, 0.5) is 0 Å². The summed E-state index contributed by atoms with van der Waals surface area (Å²) >= 11 is 0. The first-order chi connectivity index (χ1) is 1.41. The Balaban J connectivity index is 0. The zero-order valence-corrected chi connectivity index (χ0v) is 5.51. The van der Waals surface area contributed by atoms with Crippen LogP contribution >= 0.6 is 8.69 Å². The van der Waals surface area contributed by atoms with Gasteiger partial charge in [-0.15, -0.1) is 0 Å². The summed E-state index contributed by atoms with van der Waals surface area (Å²) in [6, 6.07) is 0. The van der Waals surface area contributed by atoms with Gasteiger partial charge in [-0.1, -0.05) is 0 Å². The van der Waals surface area contributed by atoms with Gasteiger partial charge in [-0.25, -0.2) is 4.57 Å². The summed E-state index contributed by atoms with van der Waals surface area (Å²) in [4.78, 5) is 6.99. The van der Waals surface area contributed by atoms with E-state index in [-0.39, 0.29) is 40.4 Å². The number of hydrogen-bond acceptors (Lipinski definition) is 1. The second-order valence-corrected chi connectivity index (χ2v) is 0.245. The fraction of sp³-hybridized carbons (Fsp3) is 0. The van der Waals surface area contributed by atoms with Gasteiger partial charge in [0.15, 0.2) is 0 Å². The molecule has 0 aromatic rings. The summed E-state index contributed by atoms with van der Waals surface area (Å²) in [6.07, 6.45) is 0. The SMILES string of the molecule is O=PO.[Pm]. The van der Waals surface area contributed by atoms with Crippen LogP contribution in [-0.2, 0) is 4.57 Å². The monoisotopic (exact) mass is 209 g/mol. The molecule has 0 amide bonds. The third kappa shape index (κ3) is 10.00. The van der Waals surface area contributed by atoms with Crippen molar-refractivity contribution in [2.45, 2.75) is 0 Å². The van der Waals surface area contributed by atoms with Crippen LogP contribution < -0.4 is 0 Å². The summed E-state index contributed by atoms with van der Waals surface area (Å²) in [5, 5.41) is 0. The first-order valence-electron chi connectivity index (χ1n) is 0.383. The Morgan fingerprint density at radius 3 is 1.75 bits per heavy atom. The van der Waals surface area contributed by atoms with Gasteiger partial charge in [-0.05, 0) is 0 Å². The Kier molecular flexibility index (Phi) is 20.0. The van der Waals surface area contributed by atoms with E-state index >= 15 is 0 Å². The van der Waals surface area contributed by atoms with Crippen LogP contribution in [0.3, 0.4) is 0 Å². The summed E-state index contributed by atoms with van der Waals surface area (Å²) in [5.74, 6) is 0. The fourth-order valence-corrected chi connectivity index (χ4v) is 0. The van der Waals surface area contributed by atoms with E-state index in [1.165, 1.54) is 0 Å². The molecule has 0 saturated carbocycles. The van der Waals surface area contributed by atoms with Crippen LogP contribution in [0, 0.1) is 40.4 Å². The van der Waals surface area contributed by atoms with Gasteiger partial charge in [-0.3, -0.25) is 0 Å². The predicted molar refractivity (Wildman–Crippen MR) is 9.83 cm³/mol. The van der Waals surface area contributed by atoms with Crippen molar-refractivity contribution < 1.29 is 49.8 Å². The van der Waals surface area contributed by atoms with Crippen LogP contribution in [0.5, 0.6) is 0 Å². The molecule has 1 radical (unpaired) electrons. The van der Waals surface area contributed by atoms with Crippen molar-refractivity contribution in [2.75, 3.05) is 0 Å². The van der Waals surface area contributed by atoms with E-state index in [0.29, 0.717) is 0 Å². The second-order valence-electron chi connectivity index (χ2n) is 0.0816. The van der Waals surface area contributed by atoms with Gasteiger partial charge in [0.1, 0.15) is 0 Å². The Labute approximate surface area is 58.0 Å². The minimum atomic E-state index is -0.833. The quantitative estimate of drug-likeness (QED) is 0.578. The van der Waals surface area contributed by atoms with Gasteiger partial charge >= 0.3 is 8.69 Å². The molecule has 1 N–H and O–H groups in total. The van der Waals surface area contributed by atoms with Gasteiger partial charge in [0.25, 0.3) is 0 Å². The molecular weight excluding hydrogens is 208 g/mol. The van der Waals surface area contributed by atoms with Crippen LogP contribution in [0.2, 0.25) is 0 Å². The van der Waals surface area contributed by atoms with Crippen molar-refractivity contribution in [3.63, 3.8) is 0 Å². The molecule has 23 valence electrons. The third-order valence-corrected chi connectivity index (χ3v) is 0. The largest absolute Gasteiger partial charge is 0.324 e. The average Bonchev–Trinajstić information content (AvgIpc) is 0.918. The van der Waals surface area contributed by atoms with Crippen LogP contribution in [0.25, 0.3) is 0 Å². The van der Waals surface area contributed by atoms with Gasteiger partial charge < -0.3 is 4.89 Å². The van der Waals surface area contributed by atoms with Crippen molar-refractivity contribution in [3.05, 3.63) is 0 Å². The standard InChI is InChI=1S/HO2P.Pm/c1-3-2;/h(H,1,2);. The maximum Gasteiger partial charge on any atom is 0.324 e. The molecule has 0 unspecified atom stereocenters. The van der Waals surface area contributed by atoms with Crippen LogP contribution in [0.15, 0.2) is 0 Å². The van der Waals surface area contributed by atoms with Gasteiger partial charge in [-0.2, -0.15) is 0 Å². The number of hydrogen-bond donors (Lipinski definition) is 1. The van der Waals surface area contributed by atoms with Crippen molar-refractivity contribution >= 4 is 8.69 Å². The molecule has 2 nitrogen and oxygen atoms in total. The zero-order valence-electron chi connectivity index (χ0n) is 1.75. The molecule has 0 atom stereocenters. The second kappa shape index (κ2) is 8.83. The van der Waals surface area contributed by atoms with Crippen LogP contribution in [0.1, 0.15) is 0 Å². The Morgan fingerprint density at radius 2 is 1.75 bits per heavy atom. The zero-order chi connectivity index (χ0) is 2.71. The van der Waals surface area contributed by atoms with E-state index in [9.17, 15) is 0 Å². The molecule has 4 heavy (non-hydrogen) atoms. The molecule has 4 heteroatoms. The first-order valence-corrected chi connectivity index (χ1v) is 1.15. The predicted octanol–water partition coefficient (Wildman–Crippen LogP) is 0.185. The van der Waals surface area contributed by atoms with Crippen molar-refractivity contribution in [1.29, 1.82) is 0 Å². The Hall–Kier alpha value is 1.40. The molecule has 0 aromatic heterocycles. The maximum absolute atomic E-state index is 8.46. The summed E-state index contributed by atoms with van der Waals surface area (Å²) < 4.78 is 8.46. The molecular formula is HO2PPm. The maximum atomic E-state index is 8.46. The van der Waals surface area contributed by atoms with E-state index in [1.54, 1.807) is 0 Å². The van der Waals surface area contributed by atoms with Gasteiger partial charge in [0.05, 0.1) is 0 Å². The van der Waals surface area contributed by atoms with Crippen molar-refractivity contribution in [2.24, 2.45) is 0 Å². The first kappa shape index (κ1) is 9.04. The topological polar surface area (TPSA) is 37.3 Å². The summed E-state index contributed by atoms with van der Waals surface area (Å²) in [7, 11) is -0.833. The molecule has 0 aromatic carbocycles. The molecule has 0 saturated heterocycles. The third-order valence-electron chi connectivity index (χ3n) is 0. The van der Waals surface area contributed by atoms with E-state index in [4.69, 9.17) is 9.46 Å². The molecule has 0 bridgehead atoms. The van der Waals surface area contributed by atoms with Crippen LogP contribution in [-0.4, -0.2) is 4.89 Å². The van der Waals surface area contributed by atoms with Crippen molar-refractivity contribution in [3.8, 4) is 0 Å². The molecule has 0 heterocycles. The van der Waals surface area contributed by atoms with Crippen molar-refractivity contribution in [1.82, 2.24) is 0 Å². The molecule has 0 rings (SSSR count). The minimum absolute atomic E-state index is 0. The Bertz CT molecular complexity index is 13.5. The molecule has 0 fully saturated rings. The Morgan fingerprint density at radius 1 is 1.75 bits per heavy atom. The smallest absolute Gasteiger partial charge is 0.310 e. The molecule has 0 aliphatic heterocycles. The minimum Gasteiger partial charge on any atom is -0.310 e. The average molecular weight is 209 g/mol.